The largest absolute Gasteiger partial charge is 0.314 e. The molecule has 1 fully saturated rings. The Balaban J connectivity index is 0.00000162. The first-order valence-corrected chi connectivity index (χ1v) is 6.30. The Morgan fingerprint density at radius 2 is 1.84 bits per heavy atom. The van der Waals surface area contributed by atoms with Gasteiger partial charge in [-0.3, -0.25) is 4.90 Å². The number of halogens is 3. The van der Waals surface area contributed by atoms with Gasteiger partial charge in [-0.25, -0.2) is 4.39 Å². The molecular formula is C14H23Cl2FN2. The molecule has 0 aliphatic carbocycles. The summed E-state index contributed by atoms with van der Waals surface area (Å²) in [7, 11) is 0. The van der Waals surface area contributed by atoms with Crippen LogP contribution >= 0.6 is 24.8 Å². The van der Waals surface area contributed by atoms with Crippen LogP contribution in [0.5, 0.6) is 0 Å². The van der Waals surface area contributed by atoms with Crippen LogP contribution in [0.2, 0.25) is 0 Å². The number of piperazine rings is 1. The van der Waals surface area contributed by atoms with Gasteiger partial charge in [0.1, 0.15) is 6.67 Å². The molecule has 110 valence electrons. The van der Waals surface area contributed by atoms with Gasteiger partial charge >= 0.3 is 0 Å². The Hall–Kier alpha value is -0.350. The average Bonchev–Trinajstić information content (AvgIpc) is 2.34. The molecular weight excluding hydrogens is 286 g/mol. The molecule has 1 atom stereocenters. The second kappa shape index (κ2) is 8.75. The van der Waals surface area contributed by atoms with E-state index in [2.05, 4.69) is 42.3 Å². The molecule has 2 rings (SSSR count). The van der Waals surface area contributed by atoms with E-state index in [1.165, 1.54) is 11.1 Å². The Morgan fingerprint density at radius 1 is 1.21 bits per heavy atom. The first kappa shape index (κ1) is 18.7. The summed E-state index contributed by atoms with van der Waals surface area (Å²) in [5, 5.41) is 3.30. The second-order valence-corrected chi connectivity index (χ2v) is 4.82. The van der Waals surface area contributed by atoms with Gasteiger partial charge in [0.15, 0.2) is 0 Å². The van der Waals surface area contributed by atoms with E-state index in [1.807, 2.05) is 0 Å². The third-order valence-electron chi connectivity index (χ3n) is 3.52. The zero-order valence-electron chi connectivity index (χ0n) is 11.5. The quantitative estimate of drug-likeness (QED) is 0.923. The zero-order chi connectivity index (χ0) is 12.3. The Kier molecular flexibility index (Phi) is 8.59. The summed E-state index contributed by atoms with van der Waals surface area (Å²) in [6, 6.07) is 6.22. The van der Waals surface area contributed by atoms with Crippen LogP contribution in [0.25, 0.3) is 0 Å². The summed E-state index contributed by atoms with van der Waals surface area (Å²) in [5.74, 6) is 0. The molecule has 0 radical (unpaired) electrons. The lowest BCUT2D eigenvalue weighted by atomic mass is 9.98. The van der Waals surface area contributed by atoms with Crippen LogP contribution in [0.4, 0.5) is 4.39 Å². The number of alkyl halides is 1. The number of aryl methyl sites for hydroxylation is 2. The molecule has 1 aromatic carbocycles. The van der Waals surface area contributed by atoms with Gasteiger partial charge in [0, 0.05) is 26.2 Å². The number of hydrogen-bond acceptors (Lipinski definition) is 2. The van der Waals surface area contributed by atoms with Gasteiger partial charge in [0.2, 0.25) is 0 Å². The van der Waals surface area contributed by atoms with Crippen molar-refractivity contribution in [2.45, 2.75) is 19.9 Å². The third kappa shape index (κ3) is 4.60. The maximum absolute atomic E-state index is 13.3. The third-order valence-corrected chi connectivity index (χ3v) is 3.52. The number of rotatable bonds is 3. The van der Waals surface area contributed by atoms with Crippen molar-refractivity contribution in [1.82, 2.24) is 10.2 Å². The molecule has 0 unspecified atom stereocenters. The van der Waals surface area contributed by atoms with E-state index in [4.69, 9.17) is 0 Å². The minimum atomic E-state index is -0.302. The SMILES string of the molecule is Cc1ccc([C@H](CF)N2CCNCC2)c(C)c1.Cl.Cl. The fourth-order valence-electron chi connectivity index (χ4n) is 2.57. The highest BCUT2D eigenvalue weighted by Gasteiger charge is 2.23. The van der Waals surface area contributed by atoms with Crippen LogP contribution in [0.3, 0.4) is 0 Å². The topological polar surface area (TPSA) is 15.3 Å². The summed E-state index contributed by atoms with van der Waals surface area (Å²) < 4.78 is 13.3. The summed E-state index contributed by atoms with van der Waals surface area (Å²) in [4.78, 5) is 2.24. The molecule has 1 aromatic rings. The van der Waals surface area contributed by atoms with Crippen LogP contribution in [0, 0.1) is 13.8 Å². The molecule has 2 nitrogen and oxygen atoms in total. The lowest BCUT2D eigenvalue weighted by Gasteiger charge is -2.34. The van der Waals surface area contributed by atoms with Crippen molar-refractivity contribution in [3.8, 4) is 0 Å². The predicted octanol–water partition coefficient (Wildman–Crippen LogP) is 3.06. The molecule has 19 heavy (non-hydrogen) atoms. The maximum Gasteiger partial charge on any atom is 0.109 e. The summed E-state index contributed by atoms with van der Waals surface area (Å²) >= 11 is 0. The molecule has 0 spiro atoms. The van der Waals surface area contributed by atoms with E-state index >= 15 is 0 Å². The highest BCUT2D eigenvalue weighted by molar-refractivity contribution is 5.85. The predicted molar refractivity (Wildman–Crippen MR) is 83.6 cm³/mol. The van der Waals surface area contributed by atoms with Gasteiger partial charge in [-0.1, -0.05) is 23.8 Å². The van der Waals surface area contributed by atoms with Crippen molar-refractivity contribution in [2.75, 3.05) is 32.9 Å². The van der Waals surface area contributed by atoms with Crippen LogP contribution in [0.1, 0.15) is 22.7 Å². The molecule has 0 aromatic heterocycles. The Labute approximate surface area is 127 Å². The summed E-state index contributed by atoms with van der Waals surface area (Å²) in [6.45, 7) is 7.63. The van der Waals surface area contributed by atoms with E-state index in [0.717, 1.165) is 31.7 Å². The smallest absolute Gasteiger partial charge is 0.109 e. The molecule has 1 aliphatic rings. The first-order valence-electron chi connectivity index (χ1n) is 6.30. The Bertz CT molecular complexity index is 382. The lowest BCUT2D eigenvalue weighted by Crippen LogP contribution is -2.45. The molecule has 1 heterocycles. The van der Waals surface area contributed by atoms with Gasteiger partial charge < -0.3 is 5.32 Å². The number of nitrogens with zero attached hydrogens (tertiary/aromatic N) is 1. The molecule has 1 N–H and O–H groups in total. The van der Waals surface area contributed by atoms with Crippen molar-refractivity contribution < 1.29 is 4.39 Å². The molecule has 5 heteroatoms. The van der Waals surface area contributed by atoms with Crippen molar-refractivity contribution >= 4 is 24.8 Å². The van der Waals surface area contributed by atoms with Crippen molar-refractivity contribution in [3.05, 3.63) is 34.9 Å². The van der Waals surface area contributed by atoms with Crippen molar-refractivity contribution in [3.63, 3.8) is 0 Å². The fourth-order valence-corrected chi connectivity index (χ4v) is 2.57. The van der Waals surface area contributed by atoms with Gasteiger partial charge in [-0.05, 0) is 25.0 Å². The van der Waals surface area contributed by atoms with Gasteiger partial charge in [-0.2, -0.15) is 0 Å². The van der Waals surface area contributed by atoms with E-state index in [1.54, 1.807) is 0 Å². The van der Waals surface area contributed by atoms with Crippen LogP contribution < -0.4 is 5.32 Å². The van der Waals surface area contributed by atoms with Crippen molar-refractivity contribution in [1.29, 1.82) is 0 Å². The lowest BCUT2D eigenvalue weighted by molar-refractivity contribution is 0.147. The number of hydrogen-bond donors (Lipinski definition) is 1. The fraction of sp³-hybridized carbons (Fsp3) is 0.571. The minimum absolute atomic E-state index is 0. The maximum atomic E-state index is 13.3. The normalized spacial score (nSPS) is 17.2. The second-order valence-electron chi connectivity index (χ2n) is 4.82. The standard InChI is InChI=1S/C14H21FN2.2ClH/c1-11-3-4-13(12(2)9-11)14(10-15)17-7-5-16-6-8-17;;/h3-4,9,14,16H,5-8,10H2,1-2H3;2*1H/t14-;;/m0../s1. The van der Waals surface area contributed by atoms with E-state index in [-0.39, 0.29) is 37.5 Å². The molecule has 0 bridgehead atoms. The molecule has 0 saturated carbocycles. The zero-order valence-corrected chi connectivity index (χ0v) is 13.1. The molecule has 1 aliphatic heterocycles. The minimum Gasteiger partial charge on any atom is -0.314 e. The summed E-state index contributed by atoms with van der Waals surface area (Å²) in [5.41, 5.74) is 3.58. The van der Waals surface area contributed by atoms with Crippen molar-refractivity contribution in [2.24, 2.45) is 0 Å². The highest BCUT2D eigenvalue weighted by Crippen LogP contribution is 2.25. The molecule has 1 saturated heterocycles. The van der Waals surface area contributed by atoms with E-state index in [9.17, 15) is 4.39 Å². The van der Waals surface area contributed by atoms with Gasteiger partial charge in [0.05, 0.1) is 6.04 Å². The average molecular weight is 309 g/mol. The molecule has 0 amide bonds. The Morgan fingerprint density at radius 3 is 2.37 bits per heavy atom. The summed E-state index contributed by atoms with van der Waals surface area (Å²) in [6.07, 6.45) is 0. The van der Waals surface area contributed by atoms with E-state index < -0.39 is 0 Å². The number of benzene rings is 1. The highest BCUT2D eigenvalue weighted by atomic mass is 35.5. The van der Waals surface area contributed by atoms with Crippen LogP contribution in [0.15, 0.2) is 18.2 Å². The van der Waals surface area contributed by atoms with Crippen LogP contribution in [-0.4, -0.2) is 37.8 Å². The van der Waals surface area contributed by atoms with E-state index in [0.29, 0.717) is 0 Å². The monoisotopic (exact) mass is 308 g/mol. The first-order chi connectivity index (χ1) is 8.22. The number of nitrogens with one attached hydrogen (secondary N) is 1. The van der Waals surface area contributed by atoms with Gasteiger partial charge in [-0.15, -0.1) is 24.8 Å². The van der Waals surface area contributed by atoms with Gasteiger partial charge in [0.25, 0.3) is 0 Å². The van der Waals surface area contributed by atoms with Crippen LogP contribution in [-0.2, 0) is 0 Å².